The van der Waals surface area contributed by atoms with Crippen molar-refractivity contribution in [2.45, 2.75) is 33.1 Å². The van der Waals surface area contributed by atoms with E-state index < -0.39 is 0 Å². The number of benzene rings is 2. The first-order valence-corrected chi connectivity index (χ1v) is 9.72. The number of likely N-dealkylation sites (tertiary alicyclic amines) is 1. The first-order valence-electron chi connectivity index (χ1n) is 9.72. The molecule has 3 rings (SSSR count). The van der Waals surface area contributed by atoms with E-state index in [4.69, 9.17) is 4.74 Å². The van der Waals surface area contributed by atoms with Crippen LogP contribution < -0.4 is 4.74 Å². The highest BCUT2D eigenvalue weighted by molar-refractivity contribution is 5.70. The summed E-state index contributed by atoms with van der Waals surface area (Å²) >= 11 is 0. The van der Waals surface area contributed by atoms with Crippen LogP contribution in [-0.4, -0.2) is 31.1 Å². The van der Waals surface area contributed by atoms with Crippen molar-refractivity contribution >= 4 is 0 Å². The summed E-state index contributed by atoms with van der Waals surface area (Å²) in [5.41, 5.74) is 2.40. The molecular formula is C23H31NO. The molecule has 1 aliphatic heterocycles. The number of para-hydroxylation sites is 1. The molecule has 25 heavy (non-hydrogen) atoms. The molecule has 1 heterocycles. The predicted molar refractivity (Wildman–Crippen MR) is 106 cm³/mol. The lowest BCUT2D eigenvalue weighted by Gasteiger charge is -2.34. The van der Waals surface area contributed by atoms with Crippen LogP contribution in [0.3, 0.4) is 0 Å². The van der Waals surface area contributed by atoms with Crippen molar-refractivity contribution in [3.8, 4) is 16.9 Å². The summed E-state index contributed by atoms with van der Waals surface area (Å²) in [5, 5.41) is 0. The molecule has 0 aliphatic carbocycles. The zero-order valence-corrected chi connectivity index (χ0v) is 15.7. The van der Waals surface area contributed by atoms with Crippen LogP contribution in [0, 0.1) is 11.8 Å². The molecular weight excluding hydrogens is 306 g/mol. The van der Waals surface area contributed by atoms with Gasteiger partial charge in [-0.05, 0) is 49.3 Å². The molecule has 0 N–H and O–H groups in total. The van der Waals surface area contributed by atoms with Gasteiger partial charge >= 0.3 is 0 Å². The van der Waals surface area contributed by atoms with Crippen molar-refractivity contribution < 1.29 is 4.74 Å². The average molecular weight is 338 g/mol. The number of ether oxygens (including phenoxy) is 1. The summed E-state index contributed by atoms with van der Waals surface area (Å²) in [6.45, 7) is 9.30. The maximum atomic E-state index is 6.10. The lowest BCUT2D eigenvalue weighted by molar-refractivity contribution is 0.137. The monoisotopic (exact) mass is 337 g/mol. The van der Waals surface area contributed by atoms with Gasteiger partial charge in [0.2, 0.25) is 0 Å². The Morgan fingerprint density at radius 3 is 2.32 bits per heavy atom. The summed E-state index contributed by atoms with van der Waals surface area (Å²) < 4.78 is 6.10. The highest BCUT2D eigenvalue weighted by Gasteiger charge is 2.20. The summed E-state index contributed by atoms with van der Waals surface area (Å²) in [5.74, 6) is 2.68. The quantitative estimate of drug-likeness (QED) is 0.619. The number of hydrogen-bond donors (Lipinski definition) is 0. The van der Waals surface area contributed by atoms with E-state index in [1.165, 1.54) is 43.6 Å². The van der Waals surface area contributed by atoms with Crippen molar-refractivity contribution in [2.75, 3.05) is 26.2 Å². The fourth-order valence-corrected chi connectivity index (χ4v) is 4.04. The molecule has 2 atom stereocenters. The predicted octanol–water partition coefficient (Wildman–Crippen LogP) is 5.49. The minimum Gasteiger partial charge on any atom is -0.493 e. The van der Waals surface area contributed by atoms with Crippen molar-refractivity contribution in [1.82, 2.24) is 4.90 Å². The minimum atomic E-state index is 0.794. The van der Waals surface area contributed by atoms with Crippen LogP contribution in [0.2, 0.25) is 0 Å². The van der Waals surface area contributed by atoms with Crippen LogP contribution in [0.5, 0.6) is 5.75 Å². The molecule has 0 aromatic heterocycles. The van der Waals surface area contributed by atoms with Gasteiger partial charge in [0.25, 0.3) is 0 Å². The van der Waals surface area contributed by atoms with Gasteiger partial charge < -0.3 is 9.64 Å². The molecule has 1 aliphatic rings. The maximum absolute atomic E-state index is 6.10. The van der Waals surface area contributed by atoms with E-state index in [9.17, 15) is 0 Å². The fourth-order valence-electron chi connectivity index (χ4n) is 4.04. The molecule has 0 amide bonds. The van der Waals surface area contributed by atoms with Gasteiger partial charge in [0.1, 0.15) is 5.75 Å². The molecule has 0 saturated carbocycles. The van der Waals surface area contributed by atoms with Gasteiger partial charge in [0.05, 0.1) is 6.61 Å². The first kappa shape index (κ1) is 18.0. The summed E-state index contributed by atoms with van der Waals surface area (Å²) in [7, 11) is 0. The lowest BCUT2D eigenvalue weighted by atomic mass is 9.92. The minimum absolute atomic E-state index is 0.794. The van der Waals surface area contributed by atoms with Gasteiger partial charge in [0, 0.05) is 18.7 Å². The molecule has 2 heteroatoms. The van der Waals surface area contributed by atoms with E-state index in [1.807, 2.05) is 0 Å². The molecule has 0 unspecified atom stereocenters. The smallest absolute Gasteiger partial charge is 0.127 e. The molecule has 1 fully saturated rings. The highest BCUT2D eigenvalue weighted by Crippen LogP contribution is 2.29. The van der Waals surface area contributed by atoms with Crippen LogP contribution in [0.25, 0.3) is 11.1 Å². The van der Waals surface area contributed by atoms with E-state index in [2.05, 4.69) is 73.3 Å². The largest absolute Gasteiger partial charge is 0.493 e. The Labute approximate surface area is 152 Å². The zero-order valence-electron chi connectivity index (χ0n) is 15.7. The number of nitrogens with zero attached hydrogens (tertiary/aromatic N) is 1. The van der Waals surface area contributed by atoms with E-state index in [0.717, 1.165) is 30.6 Å². The Balaban J connectivity index is 1.45. The number of hydrogen-bond acceptors (Lipinski definition) is 2. The summed E-state index contributed by atoms with van der Waals surface area (Å²) in [6.07, 6.45) is 3.71. The number of rotatable bonds is 7. The van der Waals surface area contributed by atoms with Crippen LogP contribution in [0.1, 0.15) is 33.1 Å². The zero-order chi connectivity index (χ0) is 17.5. The number of piperidine rings is 1. The first-order chi connectivity index (χ1) is 12.2. The topological polar surface area (TPSA) is 12.5 Å². The normalized spacial score (nSPS) is 21.2. The third kappa shape index (κ3) is 5.34. The molecule has 2 aromatic carbocycles. The van der Waals surface area contributed by atoms with E-state index in [1.54, 1.807) is 0 Å². The molecule has 0 radical (unpaired) electrons. The van der Waals surface area contributed by atoms with Crippen LogP contribution in [0.15, 0.2) is 54.6 Å². The molecule has 0 bridgehead atoms. The Kier molecular flexibility index (Phi) is 6.52. The van der Waals surface area contributed by atoms with E-state index in [-0.39, 0.29) is 0 Å². The van der Waals surface area contributed by atoms with Gasteiger partial charge in [-0.1, -0.05) is 62.4 Å². The van der Waals surface area contributed by atoms with Gasteiger partial charge in [-0.2, -0.15) is 0 Å². The van der Waals surface area contributed by atoms with Gasteiger partial charge in [0.15, 0.2) is 0 Å². The Morgan fingerprint density at radius 2 is 1.56 bits per heavy atom. The SMILES string of the molecule is C[C@@H]1C[C@@H](C)CN(CCCCOc2ccccc2-c2ccccc2)C1. The Morgan fingerprint density at radius 1 is 0.880 bits per heavy atom. The van der Waals surface area contributed by atoms with Crippen molar-refractivity contribution in [1.29, 1.82) is 0 Å². The molecule has 1 saturated heterocycles. The molecule has 134 valence electrons. The second-order valence-corrected chi connectivity index (χ2v) is 7.62. The maximum Gasteiger partial charge on any atom is 0.127 e. The van der Waals surface area contributed by atoms with Gasteiger partial charge in [-0.3, -0.25) is 0 Å². The second-order valence-electron chi connectivity index (χ2n) is 7.62. The van der Waals surface area contributed by atoms with Crippen molar-refractivity contribution in [3.05, 3.63) is 54.6 Å². The Hall–Kier alpha value is -1.80. The standard InChI is InChI=1S/C23H31NO/c1-19-16-20(2)18-24(17-19)14-8-9-15-25-23-13-7-6-12-22(23)21-10-4-3-5-11-21/h3-7,10-13,19-20H,8-9,14-18H2,1-2H3/t19-,20-/m1/s1. The van der Waals surface area contributed by atoms with E-state index >= 15 is 0 Å². The number of unbranched alkanes of at least 4 members (excludes halogenated alkanes) is 1. The van der Waals surface area contributed by atoms with Gasteiger partial charge in [-0.15, -0.1) is 0 Å². The summed E-state index contributed by atoms with van der Waals surface area (Å²) in [4.78, 5) is 2.64. The lowest BCUT2D eigenvalue weighted by Crippen LogP contribution is -2.39. The van der Waals surface area contributed by atoms with Crippen LogP contribution >= 0.6 is 0 Å². The van der Waals surface area contributed by atoms with Crippen molar-refractivity contribution in [2.24, 2.45) is 11.8 Å². The fraction of sp³-hybridized carbons (Fsp3) is 0.478. The average Bonchev–Trinajstić information content (AvgIpc) is 2.62. The third-order valence-corrected chi connectivity index (χ3v) is 5.04. The van der Waals surface area contributed by atoms with Crippen molar-refractivity contribution in [3.63, 3.8) is 0 Å². The molecule has 0 spiro atoms. The summed E-state index contributed by atoms with van der Waals surface area (Å²) in [6, 6.07) is 18.8. The van der Waals surface area contributed by atoms with Gasteiger partial charge in [-0.25, -0.2) is 0 Å². The van der Waals surface area contributed by atoms with E-state index in [0.29, 0.717) is 0 Å². The second kappa shape index (κ2) is 9.05. The third-order valence-electron chi connectivity index (χ3n) is 5.04. The molecule has 2 nitrogen and oxygen atoms in total. The van der Waals surface area contributed by atoms with Crippen LogP contribution in [-0.2, 0) is 0 Å². The molecule has 2 aromatic rings. The van der Waals surface area contributed by atoms with Crippen LogP contribution in [0.4, 0.5) is 0 Å². The Bertz CT molecular complexity index is 630. The highest BCUT2D eigenvalue weighted by atomic mass is 16.5.